The summed E-state index contributed by atoms with van der Waals surface area (Å²) in [6.45, 7) is 7.52. The lowest BCUT2D eigenvalue weighted by atomic mass is 10.1. The molecule has 0 aliphatic carbocycles. The average Bonchev–Trinajstić information content (AvgIpc) is 2.39. The van der Waals surface area contributed by atoms with Crippen LogP contribution in [0.5, 0.6) is 0 Å². The van der Waals surface area contributed by atoms with Crippen LogP contribution in [0.1, 0.15) is 27.7 Å². The predicted octanol–water partition coefficient (Wildman–Crippen LogP) is 0.991. The minimum absolute atomic E-state index is 0.0170. The zero-order valence-electron chi connectivity index (χ0n) is 13.1. The van der Waals surface area contributed by atoms with Gasteiger partial charge in [0.05, 0.1) is 13.2 Å². The third kappa shape index (κ3) is 9.48. The van der Waals surface area contributed by atoms with Gasteiger partial charge in [-0.05, 0) is 19.8 Å². The Bertz CT molecular complexity index is 391. The van der Waals surface area contributed by atoms with Gasteiger partial charge in [-0.25, -0.2) is 14.4 Å². The molecule has 0 aliphatic rings. The molecule has 0 aromatic heterocycles. The summed E-state index contributed by atoms with van der Waals surface area (Å²) in [6, 6.07) is -0.618. The highest BCUT2D eigenvalue weighted by atomic mass is 16.5. The lowest BCUT2D eigenvalue weighted by molar-refractivity contribution is -0.140. The van der Waals surface area contributed by atoms with Crippen LogP contribution in [0.25, 0.3) is 0 Å². The lowest BCUT2D eigenvalue weighted by Gasteiger charge is -2.22. The molecule has 0 aromatic rings. The zero-order valence-corrected chi connectivity index (χ0v) is 13.1. The van der Waals surface area contributed by atoms with Crippen LogP contribution in [-0.2, 0) is 19.1 Å². The number of nitrogens with one attached hydrogen (secondary N) is 2. The molecule has 0 aliphatic heterocycles. The quantitative estimate of drug-likeness (QED) is 0.540. The van der Waals surface area contributed by atoms with Gasteiger partial charge in [0, 0.05) is 18.2 Å². The van der Waals surface area contributed by atoms with Crippen LogP contribution in [0, 0.1) is 5.92 Å². The highest BCUT2D eigenvalue weighted by Gasteiger charge is 2.18. The topological polar surface area (TPSA) is 93.7 Å². The Hall–Kier alpha value is -2.05. The third-order valence-electron chi connectivity index (χ3n) is 2.50. The Morgan fingerprint density at radius 2 is 1.57 bits per heavy atom. The van der Waals surface area contributed by atoms with E-state index in [1.165, 1.54) is 7.11 Å². The van der Waals surface area contributed by atoms with E-state index in [2.05, 4.69) is 15.4 Å². The minimum atomic E-state index is -0.669. The molecular weight excluding hydrogens is 276 g/mol. The third-order valence-corrected chi connectivity index (χ3v) is 2.50. The average molecular weight is 300 g/mol. The number of amides is 2. The van der Waals surface area contributed by atoms with E-state index in [0.717, 1.165) is 12.2 Å². The summed E-state index contributed by atoms with van der Waals surface area (Å²) in [4.78, 5) is 33.9. The number of ether oxygens (including phenoxy) is 2. The molecule has 2 N–H and O–H groups in total. The monoisotopic (exact) mass is 300 g/mol. The highest BCUT2D eigenvalue weighted by molar-refractivity contribution is 5.91. The van der Waals surface area contributed by atoms with E-state index in [-0.39, 0.29) is 30.6 Å². The summed E-state index contributed by atoms with van der Waals surface area (Å²) >= 11 is 0. The molecule has 1 unspecified atom stereocenters. The number of esters is 2. The van der Waals surface area contributed by atoms with E-state index < -0.39 is 11.9 Å². The molecule has 0 aromatic carbocycles. The van der Waals surface area contributed by atoms with Gasteiger partial charge in [-0.2, -0.15) is 0 Å². The number of methoxy groups -OCH3 is 1. The fourth-order valence-electron chi connectivity index (χ4n) is 1.30. The lowest BCUT2D eigenvalue weighted by Crippen LogP contribution is -2.48. The van der Waals surface area contributed by atoms with E-state index in [4.69, 9.17) is 4.74 Å². The number of rotatable bonds is 7. The van der Waals surface area contributed by atoms with Crippen molar-refractivity contribution in [2.75, 3.05) is 13.7 Å². The summed E-state index contributed by atoms with van der Waals surface area (Å²) in [5, 5.41) is 5.43. The van der Waals surface area contributed by atoms with Crippen LogP contribution in [0.15, 0.2) is 12.2 Å². The SMILES string of the molecule is COC(=O)C=CC(=O)OCC(NC(=O)NC(C)C)C(C)C. The van der Waals surface area contributed by atoms with Crippen molar-refractivity contribution in [2.24, 2.45) is 5.92 Å². The summed E-state index contributed by atoms with van der Waals surface area (Å²) in [6.07, 6.45) is 1.96. The van der Waals surface area contributed by atoms with Crippen molar-refractivity contribution in [1.82, 2.24) is 10.6 Å². The molecule has 0 spiro atoms. The van der Waals surface area contributed by atoms with Crippen molar-refractivity contribution < 1.29 is 23.9 Å². The standard InChI is InChI=1S/C14H24N2O5/c1-9(2)11(16-14(19)15-10(3)4)8-21-13(18)7-6-12(17)20-5/h6-7,9-11H,8H2,1-5H3,(H2,15,16,19). The van der Waals surface area contributed by atoms with Crippen LogP contribution in [0.2, 0.25) is 0 Å². The first-order valence-corrected chi connectivity index (χ1v) is 6.76. The van der Waals surface area contributed by atoms with Gasteiger partial charge in [0.2, 0.25) is 0 Å². The smallest absolute Gasteiger partial charge is 0.331 e. The summed E-state index contributed by atoms with van der Waals surface area (Å²) < 4.78 is 9.35. The maximum absolute atomic E-state index is 11.6. The molecule has 0 heterocycles. The van der Waals surface area contributed by atoms with Crippen LogP contribution >= 0.6 is 0 Å². The Morgan fingerprint density at radius 1 is 1.00 bits per heavy atom. The van der Waals surface area contributed by atoms with E-state index in [9.17, 15) is 14.4 Å². The highest BCUT2D eigenvalue weighted by Crippen LogP contribution is 2.03. The van der Waals surface area contributed by atoms with E-state index in [1.54, 1.807) is 0 Å². The van der Waals surface area contributed by atoms with E-state index in [1.807, 2.05) is 27.7 Å². The molecule has 1 atom stereocenters. The molecule has 120 valence electrons. The molecule has 0 radical (unpaired) electrons. The van der Waals surface area contributed by atoms with Gasteiger partial charge in [0.15, 0.2) is 0 Å². The van der Waals surface area contributed by atoms with Gasteiger partial charge in [-0.15, -0.1) is 0 Å². The van der Waals surface area contributed by atoms with Crippen molar-refractivity contribution >= 4 is 18.0 Å². The molecule has 7 heteroatoms. The Balaban J connectivity index is 4.33. The van der Waals surface area contributed by atoms with Crippen LogP contribution in [-0.4, -0.2) is 43.8 Å². The predicted molar refractivity (Wildman–Crippen MR) is 77.5 cm³/mol. The number of hydrogen-bond donors (Lipinski definition) is 2. The molecule has 21 heavy (non-hydrogen) atoms. The molecular formula is C14H24N2O5. The molecule has 7 nitrogen and oxygen atoms in total. The van der Waals surface area contributed by atoms with Crippen molar-refractivity contribution in [3.63, 3.8) is 0 Å². The fourth-order valence-corrected chi connectivity index (χ4v) is 1.30. The van der Waals surface area contributed by atoms with E-state index >= 15 is 0 Å². The first-order chi connectivity index (χ1) is 9.76. The number of carbonyl (C=O) groups excluding carboxylic acids is 3. The summed E-state index contributed by atoms with van der Waals surface area (Å²) in [7, 11) is 1.21. The van der Waals surface area contributed by atoms with Crippen molar-refractivity contribution in [2.45, 2.75) is 39.8 Å². The molecule has 0 saturated heterocycles. The fraction of sp³-hybridized carbons (Fsp3) is 0.643. The van der Waals surface area contributed by atoms with Gasteiger partial charge in [-0.1, -0.05) is 13.8 Å². The van der Waals surface area contributed by atoms with Gasteiger partial charge in [-0.3, -0.25) is 0 Å². The van der Waals surface area contributed by atoms with Crippen LogP contribution in [0.3, 0.4) is 0 Å². The molecule has 2 amide bonds. The second-order valence-electron chi connectivity index (χ2n) is 5.11. The Morgan fingerprint density at radius 3 is 2.05 bits per heavy atom. The van der Waals surface area contributed by atoms with Crippen LogP contribution in [0.4, 0.5) is 4.79 Å². The van der Waals surface area contributed by atoms with Gasteiger partial charge < -0.3 is 20.1 Å². The van der Waals surface area contributed by atoms with Gasteiger partial charge >= 0.3 is 18.0 Å². The number of urea groups is 1. The first kappa shape index (κ1) is 18.9. The molecule has 0 saturated carbocycles. The Labute approximate surface area is 125 Å². The minimum Gasteiger partial charge on any atom is -0.466 e. The second-order valence-corrected chi connectivity index (χ2v) is 5.11. The zero-order chi connectivity index (χ0) is 16.4. The summed E-state index contributed by atoms with van der Waals surface area (Å²) in [5.74, 6) is -1.22. The Kier molecular flexibility index (Phi) is 8.84. The number of carbonyl (C=O) groups is 3. The van der Waals surface area contributed by atoms with Crippen molar-refractivity contribution in [3.8, 4) is 0 Å². The maximum atomic E-state index is 11.6. The number of hydrogen-bond acceptors (Lipinski definition) is 5. The first-order valence-electron chi connectivity index (χ1n) is 6.76. The summed E-state index contributed by atoms with van der Waals surface area (Å²) in [5.41, 5.74) is 0. The van der Waals surface area contributed by atoms with Crippen molar-refractivity contribution in [1.29, 1.82) is 0 Å². The maximum Gasteiger partial charge on any atom is 0.331 e. The normalized spacial score (nSPS) is 12.3. The van der Waals surface area contributed by atoms with Crippen LogP contribution < -0.4 is 10.6 Å². The van der Waals surface area contributed by atoms with Gasteiger partial charge in [0.25, 0.3) is 0 Å². The largest absolute Gasteiger partial charge is 0.466 e. The van der Waals surface area contributed by atoms with Crippen molar-refractivity contribution in [3.05, 3.63) is 12.2 Å². The molecule has 0 rings (SSSR count). The van der Waals surface area contributed by atoms with E-state index in [0.29, 0.717) is 0 Å². The second kappa shape index (κ2) is 9.79. The van der Waals surface area contributed by atoms with Gasteiger partial charge in [0.1, 0.15) is 6.61 Å². The molecule has 0 fully saturated rings. The molecule has 0 bridgehead atoms.